The molecule has 1 heterocycles. The average molecular weight is 633 g/mol. The summed E-state index contributed by atoms with van der Waals surface area (Å²) in [6.07, 6.45) is -11.3. The van der Waals surface area contributed by atoms with E-state index in [4.69, 9.17) is 14.7 Å². The summed E-state index contributed by atoms with van der Waals surface area (Å²) in [5, 5.41) is 0.0938. The van der Waals surface area contributed by atoms with E-state index in [1.165, 1.54) is 12.1 Å². The molecule has 0 aromatic heterocycles. The van der Waals surface area contributed by atoms with Crippen LogP contribution >= 0.6 is 54.4 Å². The molecule has 0 saturated carbocycles. The molecule has 0 spiro atoms. The normalized spacial score (nSPS) is 18.9. The van der Waals surface area contributed by atoms with Gasteiger partial charge in [0.15, 0.2) is 0 Å². The Bertz CT molecular complexity index is 865. The van der Waals surface area contributed by atoms with E-state index in [1.54, 1.807) is 52.9 Å². The average Bonchev–Trinajstić information content (AvgIpc) is 2.98. The molecular weight excluding hydrogens is 623 g/mol. The van der Waals surface area contributed by atoms with Crippen LogP contribution in [0.15, 0.2) is 56.2 Å². The molecule has 1 nitrogen and oxygen atoms in total. The summed E-state index contributed by atoms with van der Waals surface area (Å²) in [5.41, 5.74) is -4.74. The maximum atomic E-state index is 13.7. The monoisotopic (exact) mass is 632 g/mol. The van der Waals surface area contributed by atoms with E-state index in [-0.39, 0.29) is 10.2 Å². The van der Waals surface area contributed by atoms with Gasteiger partial charge in [0.1, 0.15) is 0 Å². The second-order valence-corrected chi connectivity index (χ2v) is 13.0. The van der Waals surface area contributed by atoms with Crippen LogP contribution in [0.5, 0.6) is 0 Å². The van der Waals surface area contributed by atoms with Crippen molar-refractivity contribution in [2.45, 2.75) is 18.0 Å². The van der Waals surface area contributed by atoms with E-state index >= 15 is 0 Å². The van der Waals surface area contributed by atoms with E-state index in [9.17, 15) is 26.3 Å². The summed E-state index contributed by atoms with van der Waals surface area (Å²) in [7, 11) is 0. The number of fused-ring (bicyclic) bond motifs is 1. The van der Waals surface area contributed by atoms with Gasteiger partial charge < -0.3 is 0 Å². The third kappa shape index (κ3) is 3.48. The summed E-state index contributed by atoms with van der Waals surface area (Å²) in [5.74, 6) is 0. The molecule has 0 saturated heterocycles. The molecule has 0 N–H and O–H groups in total. The molecule has 10 heteroatoms. The number of hydrogen-bond acceptors (Lipinski definition) is 1. The minimum absolute atomic E-state index is 0.0603. The van der Waals surface area contributed by atoms with E-state index in [1.807, 2.05) is 0 Å². The van der Waals surface area contributed by atoms with Gasteiger partial charge >= 0.3 is 178 Å². The Morgan fingerprint density at radius 2 is 1.41 bits per heavy atom. The van der Waals surface area contributed by atoms with Crippen molar-refractivity contribution >= 4 is 59.5 Å². The van der Waals surface area contributed by atoms with Gasteiger partial charge in [0.05, 0.1) is 0 Å². The second-order valence-electron chi connectivity index (χ2n) is 5.42. The second kappa shape index (κ2) is 7.38. The van der Waals surface area contributed by atoms with Gasteiger partial charge in [-0.05, 0) is 0 Å². The molecule has 3 rings (SSSR count). The van der Waals surface area contributed by atoms with Gasteiger partial charge in [-0.1, -0.05) is 0 Å². The third-order valence-electron chi connectivity index (χ3n) is 3.77. The molecule has 0 radical (unpaired) electrons. The fraction of sp³-hybridized carbons (Fsp3) is 0.176. The molecule has 2 aromatic carbocycles. The first-order valence-corrected chi connectivity index (χ1v) is 11.7. The molecule has 0 atom stereocenters. The van der Waals surface area contributed by atoms with E-state index in [2.05, 4.69) is 0 Å². The van der Waals surface area contributed by atoms with Gasteiger partial charge in [-0.3, -0.25) is 0 Å². The van der Waals surface area contributed by atoms with Gasteiger partial charge in [-0.2, -0.15) is 0 Å². The summed E-state index contributed by atoms with van der Waals surface area (Å²) >= 11 is 4.44. The van der Waals surface area contributed by atoms with Crippen LogP contribution in [0.3, 0.4) is 0 Å². The number of halogens is 9. The van der Waals surface area contributed by atoms with Gasteiger partial charge in [0.2, 0.25) is 0 Å². The Morgan fingerprint density at radius 3 is 1.96 bits per heavy atom. The Balaban J connectivity index is 2.22. The van der Waals surface area contributed by atoms with Gasteiger partial charge in [0.25, 0.3) is 0 Å². The van der Waals surface area contributed by atoms with Crippen LogP contribution in [0, 0.1) is 3.57 Å². The van der Waals surface area contributed by atoms with Crippen molar-refractivity contribution in [1.82, 2.24) is 0 Å². The molecule has 1 aliphatic heterocycles. The van der Waals surface area contributed by atoms with Crippen molar-refractivity contribution in [3.05, 3.63) is 70.9 Å². The topological polar surface area (TPSA) is 9.23 Å². The van der Waals surface area contributed by atoms with Crippen LogP contribution in [0.2, 0.25) is 0 Å². The molecule has 0 aliphatic carbocycles. The zero-order valence-corrected chi connectivity index (χ0v) is 18.1. The quantitative estimate of drug-likeness (QED) is 0.245. The predicted octanol–water partition coefficient (Wildman–Crippen LogP) is 7.63. The fourth-order valence-corrected chi connectivity index (χ4v) is 10.1. The van der Waals surface area contributed by atoms with E-state index in [0.717, 1.165) is 12.1 Å². The third-order valence-corrected chi connectivity index (χ3v) is 12.3. The van der Waals surface area contributed by atoms with Crippen molar-refractivity contribution in [2.75, 3.05) is 0 Å². The zero-order valence-electron chi connectivity index (χ0n) is 13.0. The number of hydrogen-bond donors (Lipinski definition) is 0. The van der Waals surface area contributed by atoms with E-state index in [0.29, 0.717) is 5.56 Å². The first-order valence-electron chi connectivity index (χ1n) is 7.24. The van der Waals surface area contributed by atoms with Crippen molar-refractivity contribution < 1.29 is 29.4 Å². The van der Waals surface area contributed by atoms with Crippen molar-refractivity contribution in [2.24, 2.45) is 0 Å². The van der Waals surface area contributed by atoms with Crippen molar-refractivity contribution in [3.63, 3.8) is 0 Å². The van der Waals surface area contributed by atoms with Crippen LogP contribution in [0.25, 0.3) is 5.03 Å². The van der Waals surface area contributed by atoms with Crippen LogP contribution in [-0.4, -0.2) is 12.4 Å². The summed E-state index contributed by atoms with van der Waals surface area (Å²) < 4.78 is 87.1. The SMILES string of the molecule is FC(F)(F)C1(C(F)(F)F)OI(/C(I)=C(/Cl)c2ccccc2)c2ccccc21. The maximum absolute atomic E-state index is 13.7. The Kier molecular flexibility index (Phi) is 5.79. The standard InChI is InChI=1S/C17H9ClF6I2O/c18-13(10-6-2-1-3-7-10)14(25)26-12-9-5-4-8-11(12)15(27-26,16(19,20)21)17(22,23)24/h1-9H/b14-13+. The molecule has 2 aromatic rings. The Morgan fingerprint density at radius 1 is 0.889 bits per heavy atom. The Labute approximate surface area is 176 Å². The first kappa shape index (κ1) is 21.2. The van der Waals surface area contributed by atoms with Crippen molar-refractivity contribution in [3.8, 4) is 0 Å². The van der Waals surface area contributed by atoms with Crippen molar-refractivity contribution in [1.29, 1.82) is 0 Å². The molecule has 1 aliphatic rings. The zero-order chi connectivity index (χ0) is 20.0. The number of benzene rings is 2. The number of alkyl halides is 6. The molecule has 0 fully saturated rings. The molecule has 27 heavy (non-hydrogen) atoms. The van der Waals surface area contributed by atoms with Crippen LogP contribution in [0.1, 0.15) is 11.1 Å². The van der Waals surface area contributed by atoms with Crippen LogP contribution in [-0.2, 0) is 8.67 Å². The first-order chi connectivity index (χ1) is 12.5. The van der Waals surface area contributed by atoms with Gasteiger partial charge in [0, 0.05) is 0 Å². The molecule has 0 amide bonds. The van der Waals surface area contributed by atoms with Gasteiger partial charge in [-0.25, -0.2) is 0 Å². The molecular formula is C17H9ClF6I2O. The summed E-state index contributed by atoms with van der Waals surface area (Å²) in [6, 6.07) is 12.9. The van der Waals surface area contributed by atoms with Crippen LogP contribution in [0.4, 0.5) is 26.3 Å². The molecule has 146 valence electrons. The molecule has 0 bridgehead atoms. The predicted molar refractivity (Wildman–Crippen MR) is 107 cm³/mol. The van der Waals surface area contributed by atoms with Gasteiger partial charge in [-0.15, -0.1) is 0 Å². The summed E-state index contributed by atoms with van der Waals surface area (Å²) in [4.78, 5) is 0. The van der Waals surface area contributed by atoms with Crippen LogP contribution < -0.4 is 0 Å². The Hall–Kier alpha value is -0.530. The molecule has 0 unspecified atom stereocenters. The van der Waals surface area contributed by atoms with E-state index < -0.39 is 43.8 Å². The minimum atomic E-state index is -5.66. The number of rotatable bonds is 2. The fourth-order valence-electron chi connectivity index (χ4n) is 2.54. The summed E-state index contributed by atoms with van der Waals surface area (Å²) in [6.45, 7) is 0.